The van der Waals surface area contributed by atoms with Crippen molar-refractivity contribution in [3.63, 3.8) is 0 Å². The van der Waals surface area contributed by atoms with Crippen LogP contribution in [0.4, 0.5) is 10.1 Å². The first-order valence-corrected chi connectivity index (χ1v) is 13.8. The van der Waals surface area contributed by atoms with E-state index in [9.17, 15) is 14.3 Å². The van der Waals surface area contributed by atoms with Crippen LogP contribution in [0.15, 0.2) is 88.0 Å². The van der Waals surface area contributed by atoms with Gasteiger partial charge in [0, 0.05) is 0 Å². The van der Waals surface area contributed by atoms with Gasteiger partial charge in [-0.15, -0.1) is 0 Å². The predicted molar refractivity (Wildman–Crippen MR) is 158 cm³/mol. The zero-order valence-electron chi connectivity index (χ0n) is 19.0. The van der Waals surface area contributed by atoms with Crippen LogP contribution >= 0.6 is 56.9 Å². The molecule has 0 saturated heterocycles. The summed E-state index contributed by atoms with van der Waals surface area (Å²) in [6.07, 6.45) is 1.81. The van der Waals surface area contributed by atoms with Crippen molar-refractivity contribution in [2.45, 2.75) is 13.5 Å². The second-order valence-corrected chi connectivity index (χ2v) is 10.9. The highest BCUT2D eigenvalue weighted by Gasteiger charge is 2.33. The average molecular weight is 727 g/mol. The zero-order valence-corrected chi connectivity index (χ0v) is 24.1. The maximum Gasteiger partial charge on any atom is 0.344 e. The number of aliphatic hydroxyl groups excluding tert-OH is 1. The summed E-state index contributed by atoms with van der Waals surface area (Å²) in [6, 6.07) is 19.3. The Morgan fingerprint density at radius 2 is 1.75 bits per heavy atom. The molecule has 1 aliphatic heterocycles. The number of aliphatic hydroxyl groups is 1. The molecule has 0 radical (unpaired) electrons. The van der Waals surface area contributed by atoms with Crippen molar-refractivity contribution in [2.24, 2.45) is 4.99 Å². The molecule has 0 atom stereocenters. The SMILES string of the molecule is CCOC(=O)C1=C(O)/C(=C/c2cc(I)c(OCc3ccc(F)cc3)c(I)c2)SC1=Nc1ccccc1. The summed E-state index contributed by atoms with van der Waals surface area (Å²) in [4.78, 5) is 17.7. The van der Waals surface area contributed by atoms with Crippen LogP contribution in [-0.2, 0) is 16.1 Å². The summed E-state index contributed by atoms with van der Waals surface area (Å²) in [6.45, 7) is 2.22. The molecule has 0 bridgehead atoms. The van der Waals surface area contributed by atoms with Crippen LogP contribution in [0.1, 0.15) is 18.1 Å². The Morgan fingerprint density at radius 3 is 2.39 bits per heavy atom. The molecule has 1 N–H and O–H groups in total. The van der Waals surface area contributed by atoms with E-state index in [2.05, 4.69) is 50.2 Å². The number of carbonyl (C=O) groups is 1. The van der Waals surface area contributed by atoms with Gasteiger partial charge in [0.15, 0.2) is 0 Å². The van der Waals surface area contributed by atoms with Gasteiger partial charge in [-0.2, -0.15) is 0 Å². The normalized spacial score (nSPS) is 15.6. The number of aliphatic imine (C=N–C) groups is 1. The predicted octanol–water partition coefficient (Wildman–Crippen LogP) is 7.81. The van der Waals surface area contributed by atoms with Gasteiger partial charge in [-0.3, -0.25) is 0 Å². The number of rotatable bonds is 7. The maximum absolute atomic E-state index is 13.2. The number of carbonyl (C=O) groups excluding carboxylic acids is 1. The fourth-order valence-corrected chi connectivity index (χ4v) is 6.46. The summed E-state index contributed by atoms with van der Waals surface area (Å²) < 4.78 is 26.1. The minimum atomic E-state index is -0.616. The lowest BCUT2D eigenvalue weighted by Crippen LogP contribution is -2.12. The molecule has 9 heteroatoms. The number of thioether (sulfide) groups is 1. The largest absolute Gasteiger partial charge is 0.506 e. The van der Waals surface area contributed by atoms with Crippen molar-refractivity contribution in [3.8, 4) is 5.75 Å². The van der Waals surface area contributed by atoms with E-state index in [0.717, 1.165) is 24.0 Å². The van der Waals surface area contributed by atoms with Gasteiger partial charge in [0.05, 0.1) is 24.3 Å². The Morgan fingerprint density at radius 1 is 1.08 bits per heavy atom. The summed E-state index contributed by atoms with van der Waals surface area (Å²) in [5.41, 5.74) is 2.42. The van der Waals surface area contributed by atoms with Crippen LogP contribution in [0.5, 0.6) is 5.75 Å². The first-order chi connectivity index (χ1) is 17.4. The molecule has 184 valence electrons. The summed E-state index contributed by atoms with van der Waals surface area (Å²) in [5.74, 6) is -0.338. The van der Waals surface area contributed by atoms with Crippen LogP contribution < -0.4 is 4.74 Å². The smallest absolute Gasteiger partial charge is 0.344 e. The van der Waals surface area contributed by atoms with Gasteiger partial charge in [0.2, 0.25) is 0 Å². The Kier molecular flexibility index (Phi) is 9.07. The average Bonchev–Trinajstić information content (AvgIpc) is 3.14. The number of ether oxygens (including phenoxy) is 2. The number of esters is 1. The molecule has 36 heavy (non-hydrogen) atoms. The molecule has 3 aromatic carbocycles. The third-order valence-electron chi connectivity index (χ3n) is 4.97. The van der Waals surface area contributed by atoms with E-state index in [1.165, 1.54) is 23.9 Å². The van der Waals surface area contributed by atoms with Crippen molar-refractivity contribution in [1.29, 1.82) is 0 Å². The second-order valence-electron chi connectivity index (χ2n) is 7.54. The number of nitrogens with zero attached hydrogens (tertiary/aromatic N) is 1. The fourth-order valence-electron chi connectivity index (χ4n) is 3.30. The lowest BCUT2D eigenvalue weighted by atomic mass is 10.1. The van der Waals surface area contributed by atoms with Crippen LogP contribution in [0.3, 0.4) is 0 Å². The van der Waals surface area contributed by atoms with Crippen molar-refractivity contribution < 1.29 is 23.8 Å². The lowest BCUT2D eigenvalue weighted by Gasteiger charge is -2.12. The minimum Gasteiger partial charge on any atom is -0.506 e. The molecule has 0 fully saturated rings. The molecular formula is C27H20FI2NO4S. The third-order valence-corrected chi connectivity index (χ3v) is 7.59. The quantitative estimate of drug-likeness (QED) is 0.199. The summed E-state index contributed by atoms with van der Waals surface area (Å²) in [7, 11) is 0. The lowest BCUT2D eigenvalue weighted by molar-refractivity contribution is -0.138. The number of para-hydroxylation sites is 1. The van der Waals surface area contributed by atoms with Gasteiger partial charge in [0.25, 0.3) is 0 Å². The number of hydrogen-bond acceptors (Lipinski definition) is 6. The van der Waals surface area contributed by atoms with Gasteiger partial charge in [-0.05, 0) is 106 Å². The Hall–Kier alpha value is -2.38. The van der Waals surface area contributed by atoms with Gasteiger partial charge in [0.1, 0.15) is 34.5 Å². The van der Waals surface area contributed by atoms with Gasteiger partial charge < -0.3 is 14.6 Å². The second kappa shape index (κ2) is 12.2. The molecular weight excluding hydrogens is 707 g/mol. The summed E-state index contributed by atoms with van der Waals surface area (Å²) >= 11 is 5.61. The van der Waals surface area contributed by atoms with E-state index in [0.29, 0.717) is 22.2 Å². The van der Waals surface area contributed by atoms with Crippen molar-refractivity contribution >= 4 is 79.7 Å². The van der Waals surface area contributed by atoms with E-state index >= 15 is 0 Å². The van der Waals surface area contributed by atoms with Crippen LogP contribution in [0.2, 0.25) is 0 Å². The van der Waals surface area contributed by atoms with Crippen LogP contribution in [0, 0.1) is 13.0 Å². The number of hydrogen-bond donors (Lipinski definition) is 1. The molecule has 1 aliphatic rings. The zero-order chi connectivity index (χ0) is 25.7. The van der Waals surface area contributed by atoms with Crippen molar-refractivity contribution in [2.75, 3.05) is 6.61 Å². The molecule has 0 aliphatic carbocycles. The van der Waals surface area contributed by atoms with E-state index in [4.69, 9.17) is 9.47 Å². The molecule has 3 aromatic rings. The Labute approximate surface area is 239 Å². The first kappa shape index (κ1) is 26.7. The van der Waals surface area contributed by atoms with Crippen molar-refractivity contribution in [3.05, 3.63) is 107 Å². The molecule has 1 heterocycles. The van der Waals surface area contributed by atoms with E-state index < -0.39 is 5.97 Å². The third kappa shape index (κ3) is 6.48. The van der Waals surface area contributed by atoms with Crippen LogP contribution in [-0.4, -0.2) is 22.7 Å². The van der Waals surface area contributed by atoms with E-state index in [-0.39, 0.29) is 23.8 Å². The maximum atomic E-state index is 13.2. The molecule has 4 rings (SSSR count). The topological polar surface area (TPSA) is 68.1 Å². The fraction of sp³-hybridized carbons (Fsp3) is 0.111. The highest BCUT2D eigenvalue weighted by atomic mass is 127. The van der Waals surface area contributed by atoms with E-state index in [1.54, 1.807) is 25.1 Å². The number of halogens is 3. The first-order valence-electron chi connectivity index (χ1n) is 10.9. The van der Waals surface area contributed by atoms with Crippen molar-refractivity contribution in [1.82, 2.24) is 0 Å². The van der Waals surface area contributed by atoms with Gasteiger partial charge in [-0.25, -0.2) is 14.2 Å². The molecule has 0 unspecified atom stereocenters. The van der Waals surface area contributed by atoms with Gasteiger partial charge >= 0.3 is 5.97 Å². The summed E-state index contributed by atoms with van der Waals surface area (Å²) in [5, 5.41) is 11.3. The standard InChI is InChI=1S/C27H20FI2NO4S/c1-2-34-27(33)23-24(32)22(36-26(23)31-19-6-4-3-5-7-19)14-17-12-20(29)25(21(30)13-17)35-15-16-8-10-18(28)11-9-16/h3-14,32H,2,15H2,1H3/b22-14-,31-26?. The van der Waals surface area contributed by atoms with E-state index in [1.807, 2.05) is 42.5 Å². The molecule has 5 nitrogen and oxygen atoms in total. The van der Waals surface area contributed by atoms with Crippen LogP contribution in [0.25, 0.3) is 6.08 Å². The van der Waals surface area contributed by atoms with Gasteiger partial charge in [-0.1, -0.05) is 42.1 Å². The highest BCUT2D eigenvalue weighted by Crippen LogP contribution is 2.41. The molecule has 0 saturated carbocycles. The molecule has 0 aromatic heterocycles. The molecule has 0 amide bonds. The monoisotopic (exact) mass is 727 g/mol. The minimum absolute atomic E-state index is 0.0561. The Bertz CT molecular complexity index is 1350. The Balaban J connectivity index is 1.62. The highest BCUT2D eigenvalue weighted by molar-refractivity contribution is 14.1. The number of benzene rings is 3. The molecule has 0 spiro atoms.